The molecule has 0 aromatic heterocycles. The Morgan fingerprint density at radius 2 is 1.50 bits per heavy atom. The monoisotopic (exact) mass is 393 g/mol. The van der Waals surface area contributed by atoms with Crippen LogP contribution >= 0.6 is 0 Å². The highest BCUT2D eigenvalue weighted by atomic mass is 32.2. The first-order valence-corrected chi connectivity index (χ1v) is 12.0. The second-order valence-corrected chi connectivity index (χ2v) is 8.83. The maximum atomic E-state index is 11.2. The van der Waals surface area contributed by atoms with Crippen LogP contribution in [0.1, 0.15) is 71.1 Å². The molecule has 1 saturated heterocycles. The van der Waals surface area contributed by atoms with Crippen molar-refractivity contribution in [3.8, 4) is 0 Å². The van der Waals surface area contributed by atoms with Gasteiger partial charge in [-0.2, -0.15) is 8.42 Å². The summed E-state index contributed by atoms with van der Waals surface area (Å²) in [5.74, 6) is -0.331. The van der Waals surface area contributed by atoms with Crippen LogP contribution in [0.25, 0.3) is 0 Å². The van der Waals surface area contributed by atoms with E-state index in [1.54, 1.807) is 0 Å². The van der Waals surface area contributed by atoms with Crippen molar-refractivity contribution < 1.29 is 22.4 Å². The van der Waals surface area contributed by atoms with Gasteiger partial charge in [0, 0.05) is 26.2 Å². The normalized spacial score (nSPS) is 17.5. The molecule has 1 atom stereocenters. The number of nitrogens with zero attached hydrogens (tertiary/aromatic N) is 1. The Balaban J connectivity index is 2.09. The van der Waals surface area contributed by atoms with E-state index >= 15 is 0 Å². The molecule has 26 heavy (non-hydrogen) atoms. The third-order valence-electron chi connectivity index (χ3n) is 4.81. The highest BCUT2D eigenvalue weighted by Crippen LogP contribution is 2.11. The number of hydrogen-bond acceptors (Lipinski definition) is 5. The maximum Gasteiger partial charge on any atom is 0.267 e. The first kappa shape index (κ1) is 23.8. The third kappa shape index (κ3) is 13.9. The van der Waals surface area contributed by atoms with E-state index in [9.17, 15) is 8.42 Å². The zero-order chi connectivity index (χ0) is 19.1. The summed E-state index contributed by atoms with van der Waals surface area (Å²) in [5.41, 5.74) is 0. The van der Waals surface area contributed by atoms with Crippen LogP contribution in [0.5, 0.6) is 0 Å². The quantitative estimate of drug-likeness (QED) is 0.319. The van der Waals surface area contributed by atoms with Crippen molar-refractivity contribution >= 4 is 10.1 Å². The van der Waals surface area contributed by atoms with Gasteiger partial charge in [0.2, 0.25) is 0 Å². The van der Waals surface area contributed by atoms with Gasteiger partial charge >= 0.3 is 0 Å². The van der Waals surface area contributed by atoms with Gasteiger partial charge in [0.25, 0.3) is 10.1 Å². The summed E-state index contributed by atoms with van der Waals surface area (Å²) in [4.78, 5) is 2.14. The van der Waals surface area contributed by atoms with Crippen LogP contribution in [0, 0.1) is 0 Å². The second-order valence-electron chi connectivity index (χ2n) is 7.34. The molecule has 0 saturated carbocycles. The third-order valence-corrected chi connectivity index (χ3v) is 5.61. The van der Waals surface area contributed by atoms with Crippen LogP contribution in [-0.2, 0) is 19.6 Å². The Hall–Kier alpha value is -0.210. The Morgan fingerprint density at radius 3 is 2.04 bits per heavy atom. The number of rotatable bonds is 16. The van der Waals surface area contributed by atoms with E-state index in [2.05, 4.69) is 11.8 Å². The summed E-state index contributed by atoms with van der Waals surface area (Å²) in [5, 5.41) is 0. The molecule has 0 amide bonds. The average molecular weight is 394 g/mol. The SMILES string of the molecule is CCCCCCCCCCCCOC(CN1CCOCC1)CS(=O)(=O)O. The number of morpholine rings is 1. The molecule has 1 unspecified atom stereocenters. The van der Waals surface area contributed by atoms with Gasteiger partial charge in [-0.1, -0.05) is 64.7 Å². The summed E-state index contributed by atoms with van der Waals surface area (Å²) in [6.07, 6.45) is 12.1. The lowest BCUT2D eigenvalue weighted by Crippen LogP contribution is -2.43. The molecule has 0 aromatic rings. The van der Waals surface area contributed by atoms with Gasteiger partial charge in [-0.05, 0) is 6.42 Å². The van der Waals surface area contributed by atoms with E-state index in [-0.39, 0.29) is 5.75 Å². The Labute approximate surface area is 160 Å². The largest absolute Gasteiger partial charge is 0.379 e. The first-order valence-electron chi connectivity index (χ1n) is 10.4. The molecule has 1 rings (SSSR count). The van der Waals surface area contributed by atoms with Gasteiger partial charge in [-0.25, -0.2) is 0 Å². The van der Waals surface area contributed by atoms with Gasteiger partial charge in [0.15, 0.2) is 0 Å². The highest BCUT2D eigenvalue weighted by molar-refractivity contribution is 7.85. The molecule has 1 aliphatic heterocycles. The van der Waals surface area contributed by atoms with Crippen molar-refractivity contribution in [3.63, 3.8) is 0 Å². The highest BCUT2D eigenvalue weighted by Gasteiger charge is 2.22. The van der Waals surface area contributed by atoms with Crippen LogP contribution in [0.4, 0.5) is 0 Å². The minimum absolute atomic E-state index is 0.331. The first-order chi connectivity index (χ1) is 12.5. The molecule has 0 aromatic carbocycles. The fourth-order valence-corrected chi connectivity index (χ4v) is 3.97. The lowest BCUT2D eigenvalue weighted by molar-refractivity contribution is -0.00568. The molecule has 7 heteroatoms. The van der Waals surface area contributed by atoms with E-state index in [0.29, 0.717) is 26.4 Å². The molecule has 1 aliphatic rings. The average Bonchev–Trinajstić information content (AvgIpc) is 2.59. The second kappa shape index (κ2) is 14.8. The van der Waals surface area contributed by atoms with Crippen molar-refractivity contribution in [1.29, 1.82) is 0 Å². The molecule has 1 fully saturated rings. The van der Waals surface area contributed by atoms with Crippen molar-refractivity contribution in [2.45, 2.75) is 77.2 Å². The summed E-state index contributed by atoms with van der Waals surface area (Å²) >= 11 is 0. The van der Waals surface area contributed by atoms with E-state index in [1.807, 2.05) is 0 Å². The number of hydrogen-bond donors (Lipinski definition) is 1. The lowest BCUT2D eigenvalue weighted by atomic mass is 10.1. The van der Waals surface area contributed by atoms with Gasteiger partial charge < -0.3 is 9.47 Å². The van der Waals surface area contributed by atoms with Gasteiger partial charge in [-0.15, -0.1) is 0 Å². The molecular formula is C19H39NO5S. The van der Waals surface area contributed by atoms with Gasteiger partial charge in [0.1, 0.15) is 5.75 Å². The maximum absolute atomic E-state index is 11.2. The zero-order valence-electron chi connectivity index (χ0n) is 16.5. The van der Waals surface area contributed by atoms with E-state index in [4.69, 9.17) is 14.0 Å². The minimum atomic E-state index is -4.02. The molecule has 0 radical (unpaired) electrons. The van der Waals surface area contributed by atoms with E-state index in [1.165, 1.54) is 51.4 Å². The van der Waals surface area contributed by atoms with Crippen molar-refractivity contribution in [2.75, 3.05) is 45.2 Å². The smallest absolute Gasteiger partial charge is 0.267 e. The van der Waals surface area contributed by atoms with Gasteiger partial charge in [-0.3, -0.25) is 9.45 Å². The molecule has 1 N–H and O–H groups in total. The van der Waals surface area contributed by atoms with Crippen LogP contribution in [0.2, 0.25) is 0 Å². The summed E-state index contributed by atoms with van der Waals surface area (Å²) in [7, 11) is -4.02. The standard InChI is InChI=1S/C19H39NO5S/c1-2-3-4-5-6-7-8-9-10-11-14-25-19(18-26(21,22)23)17-20-12-15-24-16-13-20/h19H,2-18H2,1H3,(H,21,22,23). The molecule has 0 bridgehead atoms. The minimum Gasteiger partial charge on any atom is -0.379 e. The topological polar surface area (TPSA) is 76.1 Å². The predicted octanol–water partition coefficient (Wildman–Crippen LogP) is 3.51. The molecule has 156 valence electrons. The Kier molecular flexibility index (Phi) is 13.6. The van der Waals surface area contributed by atoms with Crippen LogP contribution in [-0.4, -0.2) is 69.2 Å². The molecular weight excluding hydrogens is 354 g/mol. The summed E-state index contributed by atoms with van der Waals surface area (Å²) in [6, 6.07) is 0. The summed E-state index contributed by atoms with van der Waals surface area (Å²) < 4.78 is 42.7. The van der Waals surface area contributed by atoms with Gasteiger partial charge in [0.05, 0.1) is 19.3 Å². The Morgan fingerprint density at radius 1 is 0.962 bits per heavy atom. The molecule has 0 aliphatic carbocycles. The van der Waals surface area contributed by atoms with Crippen LogP contribution in [0.15, 0.2) is 0 Å². The molecule has 0 spiro atoms. The fourth-order valence-electron chi connectivity index (χ4n) is 3.30. The fraction of sp³-hybridized carbons (Fsp3) is 1.00. The van der Waals surface area contributed by atoms with E-state index < -0.39 is 16.2 Å². The van der Waals surface area contributed by atoms with Crippen molar-refractivity contribution in [1.82, 2.24) is 4.90 Å². The lowest BCUT2D eigenvalue weighted by Gasteiger charge is -2.30. The number of unbranched alkanes of at least 4 members (excludes halogenated alkanes) is 9. The van der Waals surface area contributed by atoms with Crippen molar-refractivity contribution in [2.24, 2.45) is 0 Å². The molecule has 1 heterocycles. The molecule has 6 nitrogen and oxygen atoms in total. The number of ether oxygens (including phenoxy) is 2. The zero-order valence-corrected chi connectivity index (χ0v) is 17.4. The van der Waals surface area contributed by atoms with Crippen LogP contribution in [0.3, 0.4) is 0 Å². The van der Waals surface area contributed by atoms with E-state index in [0.717, 1.165) is 25.9 Å². The predicted molar refractivity (Wildman–Crippen MR) is 105 cm³/mol. The van der Waals surface area contributed by atoms with Crippen molar-refractivity contribution in [3.05, 3.63) is 0 Å². The Bertz CT molecular complexity index is 424. The van der Waals surface area contributed by atoms with Crippen LogP contribution < -0.4 is 0 Å². The summed E-state index contributed by atoms with van der Waals surface area (Å²) in [6.45, 7) is 6.22.